The van der Waals surface area contributed by atoms with E-state index in [4.69, 9.17) is 9.47 Å². The minimum Gasteiger partial charge on any atom is -0.379 e. The van der Waals surface area contributed by atoms with Crippen molar-refractivity contribution in [2.45, 2.75) is 59.0 Å². The third-order valence-electron chi connectivity index (χ3n) is 2.59. The zero-order chi connectivity index (χ0) is 11.5. The van der Waals surface area contributed by atoms with Crippen molar-refractivity contribution in [3.63, 3.8) is 0 Å². The first-order chi connectivity index (χ1) is 7.20. The molecule has 92 valence electrons. The van der Waals surface area contributed by atoms with E-state index in [0.717, 1.165) is 32.0 Å². The van der Waals surface area contributed by atoms with E-state index in [9.17, 15) is 0 Å². The van der Waals surface area contributed by atoms with Crippen molar-refractivity contribution in [2.24, 2.45) is 5.92 Å². The van der Waals surface area contributed by atoms with Gasteiger partial charge in [-0.15, -0.1) is 0 Å². The Balaban J connectivity index is 0.000000265. The van der Waals surface area contributed by atoms with E-state index in [1.54, 1.807) is 7.11 Å². The van der Waals surface area contributed by atoms with Gasteiger partial charge in [0.2, 0.25) is 0 Å². The summed E-state index contributed by atoms with van der Waals surface area (Å²) in [5.41, 5.74) is 0. The maximum absolute atomic E-state index is 5.15. The van der Waals surface area contributed by atoms with Crippen LogP contribution in [0.3, 0.4) is 0 Å². The van der Waals surface area contributed by atoms with E-state index < -0.39 is 0 Å². The monoisotopic (exact) mass is 216 g/mol. The van der Waals surface area contributed by atoms with Crippen LogP contribution in [0.2, 0.25) is 0 Å². The van der Waals surface area contributed by atoms with Crippen molar-refractivity contribution in [1.82, 2.24) is 0 Å². The van der Waals surface area contributed by atoms with Crippen LogP contribution in [0.15, 0.2) is 0 Å². The summed E-state index contributed by atoms with van der Waals surface area (Å²) in [6.07, 6.45) is 6.82. The van der Waals surface area contributed by atoms with E-state index in [0.29, 0.717) is 6.10 Å². The lowest BCUT2D eigenvalue weighted by Gasteiger charge is -2.19. The summed E-state index contributed by atoms with van der Waals surface area (Å²) in [5.74, 6) is 0.903. The van der Waals surface area contributed by atoms with Gasteiger partial charge in [-0.05, 0) is 18.8 Å². The number of hydrogen-bond donors (Lipinski definition) is 0. The van der Waals surface area contributed by atoms with Gasteiger partial charge in [0, 0.05) is 13.7 Å². The van der Waals surface area contributed by atoms with Gasteiger partial charge in [0.05, 0.1) is 12.7 Å². The average Bonchev–Trinajstić information content (AvgIpc) is 2.28. The molecule has 0 spiro atoms. The molecule has 15 heavy (non-hydrogen) atoms. The molecule has 0 aromatic rings. The summed E-state index contributed by atoms with van der Waals surface area (Å²) in [6, 6.07) is 0. The lowest BCUT2D eigenvalue weighted by atomic mass is 10.1. The quantitative estimate of drug-likeness (QED) is 0.714. The maximum Gasteiger partial charge on any atom is 0.0805 e. The summed E-state index contributed by atoms with van der Waals surface area (Å²) in [6.45, 7) is 8.49. The van der Waals surface area contributed by atoms with Gasteiger partial charge in [-0.2, -0.15) is 0 Å². The second-order valence-corrected chi connectivity index (χ2v) is 4.61. The molecule has 0 aliphatic carbocycles. The summed E-state index contributed by atoms with van der Waals surface area (Å²) in [7, 11) is 1.74. The molecule has 0 bridgehead atoms. The summed E-state index contributed by atoms with van der Waals surface area (Å²) in [5, 5.41) is 0. The number of hydrogen-bond acceptors (Lipinski definition) is 2. The standard InChI is InChI=1S/C7H16.C6H12O2/c1-4-5-6-7(2)3;1-7-6-3-2-4-8-5-6/h7H,4-6H2,1-3H3;6H,2-5H2,1H3. The highest BCUT2D eigenvalue weighted by Crippen LogP contribution is 2.07. The molecule has 0 saturated carbocycles. The van der Waals surface area contributed by atoms with E-state index in [-0.39, 0.29) is 0 Å². The molecule has 2 nitrogen and oxygen atoms in total. The van der Waals surface area contributed by atoms with Gasteiger partial charge in [0.15, 0.2) is 0 Å². The fourth-order valence-electron chi connectivity index (χ4n) is 1.51. The minimum absolute atomic E-state index is 0.365. The molecule has 1 aliphatic heterocycles. The molecule has 0 aromatic heterocycles. The minimum atomic E-state index is 0.365. The van der Waals surface area contributed by atoms with Gasteiger partial charge in [-0.3, -0.25) is 0 Å². The molecule has 0 N–H and O–H groups in total. The SMILES string of the molecule is CCCCC(C)C.COC1CCCOC1. The highest BCUT2D eigenvalue weighted by atomic mass is 16.5. The van der Waals surface area contributed by atoms with Crippen LogP contribution in [0.4, 0.5) is 0 Å². The third kappa shape index (κ3) is 10.2. The first-order valence-electron chi connectivity index (χ1n) is 6.31. The second-order valence-electron chi connectivity index (χ2n) is 4.61. The first-order valence-corrected chi connectivity index (χ1v) is 6.31. The van der Waals surface area contributed by atoms with Gasteiger partial charge in [-0.1, -0.05) is 40.0 Å². The molecule has 2 heteroatoms. The highest BCUT2D eigenvalue weighted by molar-refractivity contribution is 4.60. The van der Waals surface area contributed by atoms with E-state index >= 15 is 0 Å². The molecule has 0 radical (unpaired) electrons. The van der Waals surface area contributed by atoms with Crippen molar-refractivity contribution in [1.29, 1.82) is 0 Å². The largest absolute Gasteiger partial charge is 0.379 e. The van der Waals surface area contributed by atoms with E-state index in [1.165, 1.54) is 19.3 Å². The smallest absolute Gasteiger partial charge is 0.0805 e. The van der Waals surface area contributed by atoms with Gasteiger partial charge in [-0.25, -0.2) is 0 Å². The van der Waals surface area contributed by atoms with Crippen molar-refractivity contribution in [3.8, 4) is 0 Å². The highest BCUT2D eigenvalue weighted by Gasteiger charge is 2.11. The van der Waals surface area contributed by atoms with Gasteiger partial charge < -0.3 is 9.47 Å². The fourth-order valence-corrected chi connectivity index (χ4v) is 1.51. The number of unbranched alkanes of at least 4 members (excludes halogenated alkanes) is 1. The van der Waals surface area contributed by atoms with Gasteiger partial charge >= 0.3 is 0 Å². The topological polar surface area (TPSA) is 18.5 Å². The van der Waals surface area contributed by atoms with E-state index in [2.05, 4.69) is 20.8 Å². The molecular weight excluding hydrogens is 188 g/mol. The molecule has 1 atom stereocenters. The number of rotatable bonds is 4. The van der Waals surface area contributed by atoms with Crippen LogP contribution in [-0.4, -0.2) is 26.4 Å². The molecule has 0 amide bonds. The van der Waals surface area contributed by atoms with Crippen LogP contribution >= 0.6 is 0 Å². The first kappa shape index (κ1) is 14.9. The van der Waals surface area contributed by atoms with Crippen LogP contribution in [0, 0.1) is 5.92 Å². The predicted molar refractivity (Wildman–Crippen MR) is 65.2 cm³/mol. The Hall–Kier alpha value is -0.0800. The van der Waals surface area contributed by atoms with Crippen LogP contribution in [0.5, 0.6) is 0 Å². The summed E-state index contributed by atoms with van der Waals surface area (Å²) < 4.78 is 10.2. The summed E-state index contributed by atoms with van der Waals surface area (Å²) in [4.78, 5) is 0. The molecule has 1 rings (SSSR count). The Morgan fingerprint density at radius 2 is 2.13 bits per heavy atom. The lowest BCUT2D eigenvalue weighted by molar-refractivity contribution is -0.0291. The zero-order valence-electron chi connectivity index (χ0n) is 10.9. The predicted octanol–water partition coefficient (Wildman–Crippen LogP) is 3.64. The van der Waals surface area contributed by atoms with Crippen LogP contribution in [0.25, 0.3) is 0 Å². The average molecular weight is 216 g/mol. The Labute approximate surface area is 95.3 Å². The van der Waals surface area contributed by atoms with Crippen molar-refractivity contribution >= 4 is 0 Å². The summed E-state index contributed by atoms with van der Waals surface area (Å²) >= 11 is 0. The third-order valence-corrected chi connectivity index (χ3v) is 2.59. The molecule has 1 unspecified atom stereocenters. The Kier molecular flexibility index (Phi) is 10.4. The molecule has 1 fully saturated rings. The molecular formula is C13H28O2. The van der Waals surface area contributed by atoms with Crippen molar-refractivity contribution in [3.05, 3.63) is 0 Å². The number of ether oxygens (including phenoxy) is 2. The zero-order valence-corrected chi connectivity index (χ0v) is 10.9. The molecule has 1 aliphatic rings. The van der Waals surface area contributed by atoms with Crippen LogP contribution in [0.1, 0.15) is 52.9 Å². The van der Waals surface area contributed by atoms with Gasteiger partial charge in [0.25, 0.3) is 0 Å². The second kappa shape index (κ2) is 10.4. The van der Waals surface area contributed by atoms with Gasteiger partial charge in [0.1, 0.15) is 0 Å². The fraction of sp³-hybridized carbons (Fsp3) is 1.00. The Morgan fingerprint density at radius 1 is 1.40 bits per heavy atom. The Morgan fingerprint density at radius 3 is 2.40 bits per heavy atom. The normalized spacial score (nSPS) is 21.0. The maximum atomic E-state index is 5.15. The van der Waals surface area contributed by atoms with Crippen molar-refractivity contribution < 1.29 is 9.47 Å². The van der Waals surface area contributed by atoms with Crippen LogP contribution < -0.4 is 0 Å². The van der Waals surface area contributed by atoms with Crippen molar-refractivity contribution in [2.75, 3.05) is 20.3 Å². The molecule has 0 aromatic carbocycles. The lowest BCUT2D eigenvalue weighted by Crippen LogP contribution is -2.23. The number of methoxy groups -OCH3 is 1. The van der Waals surface area contributed by atoms with Crippen LogP contribution in [-0.2, 0) is 9.47 Å². The molecule has 1 heterocycles. The van der Waals surface area contributed by atoms with E-state index in [1.807, 2.05) is 0 Å². The Bertz CT molecular complexity index is 118. The molecule has 1 saturated heterocycles.